The van der Waals surface area contributed by atoms with Crippen molar-refractivity contribution in [1.82, 2.24) is 0 Å². The molecule has 7 heteroatoms. The van der Waals surface area contributed by atoms with Crippen LogP contribution in [-0.2, 0) is 9.31 Å². The van der Waals surface area contributed by atoms with Gasteiger partial charge in [0, 0.05) is 0 Å². The molecule has 0 aromatic heterocycles. The summed E-state index contributed by atoms with van der Waals surface area (Å²) in [4.78, 5) is 0. The molecule has 24 heavy (non-hydrogen) atoms. The molecule has 0 spiro atoms. The van der Waals surface area contributed by atoms with Crippen molar-refractivity contribution in [2.75, 3.05) is 0 Å². The molecule has 0 radical (unpaired) electrons. The Hall–Kier alpha value is 0.297. The van der Waals surface area contributed by atoms with E-state index >= 15 is 0 Å². The van der Waals surface area contributed by atoms with E-state index in [0.717, 1.165) is 35.3 Å². The molecule has 2 aliphatic rings. The van der Waals surface area contributed by atoms with Crippen molar-refractivity contribution in [2.24, 2.45) is 0 Å². The largest absolute Gasteiger partial charge is 0.197 e. The number of benzene rings is 2. The van der Waals surface area contributed by atoms with Crippen LogP contribution in [0.1, 0.15) is 26.3 Å². The number of fused-ring (bicyclic) bond motifs is 3. The van der Waals surface area contributed by atoms with E-state index in [1.807, 2.05) is 7.93 Å². The van der Waals surface area contributed by atoms with Gasteiger partial charge in [-0.3, -0.25) is 0 Å². The third-order valence-electron chi connectivity index (χ3n) is 4.83. The fraction of sp³-hybridized carbons (Fsp3) is 0.294. The van der Waals surface area contributed by atoms with E-state index in [2.05, 4.69) is 68.8 Å². The molecule has 2 aromatic rings. The standard InChI is InChI=1S/C17H15BO2PS.H2S.Tl/c1-16(2)17(3)20-18(19-16)14-9-5-8-12-6-4-7-13(15(12)14)10-11-21(17)22;;/h4-9H,1-3H3;1H2;/q-1;;+1. The predicted octanol–water partition coefficient (Wildman–Crippen LogP) is 3.73. The summed E-state index contributed by atoms with van der Waals surface area (Å²) < 4.78 is 12.9. The fourth-order valence-electron chi connectivity index (χ4n) is 3.19. The minimum atomic E-state index is -0.625. The number of hydrogen-bond acceptors (Lipinski definition) is 3. The van der Waals surface area contributed by atoms with E-state index in [1.54, 1.807) is 0 Å². The van der Waals surface area contributed by atoms with E-state index in [9.17, 15) is 0 Å². The van der Waals surface area contributed by atoms with Crippen LogP contribution in [0, 0.1) is 11.6 Å². The van der Waals surface area contributed by atoms with E-state index in [1.165, 1.54) is 10.8 Å². The molecule has 2 aliphatic heterocycles. The summed E-state index contributed by atoms with van der Waals surface area (Å²) in [5.41, 5.74) is 5.39. The van der Waals surface area contributed by atoms with Crippen molar-refractivity contribution in [3.05, 3.63) is 42.0 Å². The van der Waals surface area contributed by atoms with Crippen LogP contribution in [0.4, 0.5) is 0 Å². The minimum Gasteiger partial charge on any atom is -0.197 e. The van der Waals surface area contributed by atoms with Crippen LogP contribution in [0.2, 0.25) is 0 Å². The molecular formula is C17H17BO2PS2Tl. The van der Waals surface area contributed by atoms with E-state index < -0.39 is 7.12 Å². The Balaban J connectivity index is 0.00000169. The zero-order chi connectivity index (χ0) is 16.2. The van der Waals surface area contributed by atoms with Gasteiger partial charge in [-0.1, -0.05) is 0 Å². The maximum atomic E-state index is 6.55. The number of hydrogen-bond donors (Lipinski definition) is 0. The van der Waals surface area contributed by atoms with Crippen LogP contribution in [0.5, 0.6) is 0 Å². The van der Waals surface area contributed by atoms with Crippen LogP contribution >= 0.6 is 28.6 Å². The average molecular weight is 564 g/mol. The Labute approximate surface area is 169 Å². The molecule has 2 heterocycles. The molecule has 2 atom stereocenters. The molecule has 2 bridgehead atoms. The zero-order valence-electron chi connectivity index (χ0n) is 13.8. The molecule has 1 fully saturated rings. The summed E-state index contributed by atoms with van der Waals surface area (Å²) in [6.07, 6.45) is 0. The zero-order valence-corrected chi connectivity index (χ0v) is 21.0. The van der Waals surface area contributed by atoms with Gasteiger partial charge in [-0.25, -0.2) is 0 Å². The molecule has 0 aliphatic carbocycles. The first-order valence-electron chi connectivity index (χ1n) is 7.52. The molecule has 4 rings (SSSR count). The van der Waals surface area contributed by atoms with Gasteiger partial charge in [0.05, 0.1) is 0 Å². The molecule has 0 N–H and O–H groups in total. The van der Waals surface area contributed by atoms with Crippen LogP contribution in [0.15, 0.2) is 36.4 Å². The van der Waals surface area contributed by atoms with Crippen molar-refractivity contribution < 1.29 is 9.31 Å². The molecular weight excluding hydrogens is 546 g/mol. The molecule has 0 amide bonds. The molecule has 2 aromatic carbocycles. The van der Waals surface area contributed by atoms with Crippen molar-refractivity contribution in [3.8, 4) is 11.6 Å². The molecule has 0 saturated carbocycles. The van der Waals surface area contributed by atoms with E-state index in [4.69, 9.17) is 9.31 Å². The summed E-state index contributed by atoms with van der Waals surface area (Å²) in [5, 5.41) is 2.01. The van der Waals surface area contributed by atoms with Gasteiger partial charge in [0.2, 0.25) is 0 Å². The maximum Gasteiger partial charge on any atom is -0.197 e. The van der Waals surface area contributed by atoms with Crippen molar-refractivity contribution in [1.29, 1.82) is 0 Å². The van der Waals surface area contributed by atoms with Gasteiger partial charge in [-0.05, 0) is 0 Å². The second kappa shape index (κ2) is 6.79. The van der Waals surface area contributed by atoms with Crippen molar-refractivity contribution >= 4 is 76.2 Å². The van der Waals surface area contributed by atoms with Gasteiger partial charge >= 0.3 is 157 Å². The van der Waals surface area contributed by atoms with Gasteiger partial charge in [0.15, 0.2) is 0 Å². The van der Waals surface area contributed by atoms with Gasteiger partial charge in [0.1, 0.15) is 0 Å². The van der Waals surface area contributed by atoms with Gasteiger partial charge < -0.3 is 0 Å². The van der Waals surface area contributed by atoms with E-state index in [-0.39, 0.29) is 31.6 Å². The Bertz CT molecular complexity index is 861. The first kappa shape index (κ1) is 19.1. The Morgan fingerprint density at radius 1 is 1.12 bits per heavy atom. The smallest absolute Gasteiger partial charge is 0.197 e. The first-order valence-corrected chi connectivity index (χ1v) is 15.8. The summed E-state index contributed by atoms with van der Waals surface area (Å²) >= 11 is 0.828. The summed E-state index contributed by atoms with van der Waals surface area (Å²) in [5.74, 6) is 3.47. The van der Waals surface area contributed by atoms with Crippen LogP contribution in [0.25, 0.3) is 10.8 Å². The van der Waals surface area contributed by atoms with Crippen molar-refractivity contribution in [3.63, 3.8) is 0 Å². The van der Waals surface area contributed by atoms with Gasteiger partial charge in [0.25, 0.3) is 0 Å². The van der Waals surface area contributed by atoms with Crippen molar-refractivity contribution in [2.45, 2.75) is 31.7 Å². The fourth-order valence-corrected chi connectivity index (χ4v) is 15.2. The van der Waals surface area contributed by atoms with Crippen LogP contribution < -0.4 is 5.46 Å². The summed E-state index contributed by atoms with van der Waals surface area (Å²) in [6, 6.07) is 12.6. The molecule has 1 saturated heterocycles. The monoisotopic (exact) mass is 564 g/mol. The van der Waals surface area contributed by atoms with E-state index in [0.29, 0.717) is 0 Å². The number of rotatable bonds is 1. The maximum absolute atomic E-state index is 6.55. The van der Waals surface area contributed by atoms with Crippen LogP contribution in [0.3, 0.4) is 0 Å². The Kier molecular flexibility index (Phi) is 5.40. The summed E-state index contributed by atoms with van der Waals surface area (Å²) in [6.45, 7) is 6.45. The molecule has 120 valence electrons. The topological polar surface area (TPSA) is 18.5 Å². The van der Waals surface area contributed by atoms with Gasteiger partial charge in [-0.2, -0.15) is 13.5 Å². The normalized spacial score (nSPS) is 26.6. The second-order valence-electron chi connectivity index (χ2n) is 6.45. The average Bonchev–Trinajstić information content (AvgIpc) is 2.79. The Morgan fingerprint density at radius 3 is 2.54 bits per heavy atom. The predicted molar refractivity (Wildman–Crippen MR) is 112 cm³/mol. The minimum absolute atomic E-state index is 0. The second-order valence-corrected chi connectivity index (χ2v) is 17.4. The quantitative estimate of drug-likeness (QED) is 0.300. The molecule has 2 unspecified atom stereocenters. The SMILES string of the molecule is CC1(C)OB2OC1(C)P([S][Tl])C#Cc1cccc3cccc2c13.S. The van der Waals surface area contributed by atoms with Crippen LogP contribution in [-0.4, -0.2) is 42.3 Å². The summed E-state index contributed by atoms with van der Waals surface area (Å²) in [7, 11) is 1.00. The Morgan fingerprint density at radius 2 is 1.83 bits per heavy atom. The third kappa shape index (κ3) is 2.78. The molecule has 2 nitrogen and oxygen atoms in total. The first-order chi connectivity index (χ1) is 11.0. The van der Waals surface area contributed by atoms with Gasteiger partial charge in [-0.15, -0.1) is 0 Å². The third-order valence-corrected chi connectivity index (χ3v) is 16.1.